The van der Waals surface area contributed by atoms with E-state index in [2.05, 4.69) is 37.2 Å². The van der Waals surface area contributed by atoms with E-state index < -0.39 is 0 Å². The van der Waals surface area contributed by atoms with Crippen LogP contribution in [0.1, 0.15) is 11.1 Å². The Morgan fingerprint density at radius 2 is 1.57 bits per heavy atom. The molecule has 0 bridgehead atoms. The molecule has 0 saturated carbocycles. The van der Waals surface area contributed by atoms with E-state index in [-0.39, 0.29) is 11.5 Å². The molecule has 1 aliphatic heterocycles. The summed E-state index contributed by atoms with van der Waals surface area (Å²) >= 11 is 6.57. The summed E-state index contributed by atoms with van der Waals surface area (Å²) in [5.41, 5.74) is 2.07. The molecule has 1 heterocycles. The van der Waals surface area contributed by atoms with E-state index >= 15 is 0 Å². The van der Waals surface area contributed by atoms with Crippen molar-refractivity contribution in [3.8, 4) is 11.5 Å². The number of nitrogens with one attached hydrogen (secondary N) is 1. The smallest absolute Gasteiger partial charge is 0.173 e. The number of phenolic OH excluding ortho intramolecular Hbond substituents is 2. The Bertz CT molecular complexity index is 356. The summed E-state index contributed by atoms with van der Waals surface area (Å²) in [7, 11) is 0. The molecule has 0 spiro atoms. The molecule has 1 aromatic carbocycles. The van der Waals surface area contributed by atoms with Crippen LogP contribution >= 0.6 is 31.9 Å². The molecular weight excluding hydrogens is 314 g/mol. The summed E-state index contributed by atoms with van der Waals surface area (Å²) in [5, 5.41) is 22.4. The topological polar surface area (TPSA) is 52.5 Å². The Morgan fingerprint density at radius 3 is 2.21 bits per heavy atom. The van der Waals surface area contributed by atoms with Crippen LogP contribution in [0, 0.1) is 0 Å². The van der Waals surface area contributed by atoms with Crippen LogP contribution in [0.5, 0.6) is 11.5 Å². The van der Waals surface area contributed by atoms with E-state index in [0.717, 1.165) is 24.1 Å². The predicted octanol–water partition coefficient (Wildman–Crippen LogP) is 2.27. The maximum absolute atomic E-state index is 9.60. The largest absolute Gasteiger partial charge is 0.503 e. The van der Waals surface area contributed by atoms with Gasteiger partial charge in [-0.1, -0.05) is 0 Å². The zero-order chi connectivity index (χ0) is 10.3. The van der Waals surface area contributed by atoms with Crippen molar-refractivity contribution in [2.75, 3.05) is 6.54 Å². The lowest BCUT2D eigenvalue weighted by molar-refractivity contribution is 0.396. The second kappa shape index (κ2) is 3.72. The molecule has 0 amide bonds. The molecule has 3 N–H and O–H groups in total. The van der Waals surface area contributed by atoms with E-state index in [0.29, 0.717) is 15.5 Å². The molecule has 0 saturated heterocycles. The number of halogens is 2. The zero-order valence-corrected chi connectivity index (χ0v) is 10.4. The zero-order valence-electron chi connectivity index (χ0n) is 7.27. The normalized spacial score (nSPS) is 15.3. The third-order valence-corrected chi connectivity index (χ3v) is 4.10. The Hall–Kier alpha value is -0.260. The number of phenols is 2. The summed E-state index contributed by atoms with van der Waals surface area (Å²) in [5.74, 6) is -0.183. The van der Waals surface area contributed by atoms with Crippen molar-refractivity contribution in [2.45, 2.75) is 13.0 Å². The fourth-order valence-corrected chi connectivity index (χ4v) is 2.82. The minimum absolute atomic E-state index is 0.0856. The molecule has 0 unspecified atom stereocenters. The van der Waals surface area contributed by atoms with Gasteiger partial charge in [-0.05, 0) is 56.0 Å². The van der Waals surface area contributed by atoms with Gasteiger partial charge in [0.05, 0.1) is 8.95 Å². The SMILES string of the molecule is Oc1c(O)c(Br)c2c(c1Br)CCNC2. The standard InChI is InChI=1S/C9H9Br2NO2/c10-6-4-1-2-12-3-5(4)7(11)9(14)8(6)13/h12-14H,1-3H2. The van der Waals surface area contributed by atoms with Gasteiger partial charge in [0.15, 0.2) is 11.5 Å². The Morgan fingerprint density at radius 1 is 1.00 bits per heavy atom. The summed E-state index contributed by atoms with van der Waals surface area (Å²) in [4.78, 5) is 0. The van der Waals surface area contributed by atoms with E-state index in [1.54, 1.807) is 0 Å². The lowest BCUT2D eigenvalue weighted by Crippen LogP contribution is -2.24. The van der Waals surface area contributed by atoms with Crippen LogP contribution in [0.2, 0.25) is 0 Å². The number of hydrogen-bond acceptors (Lipinski definition) is 3. The van der Waals surface area contributed by atoms with Gasteiger partial charge in [-0.25, -0.2) is 0 Å². The number of aromatic hydroxyl groups is 2. The van der Waals surface area contributed by atoms with E-state index in [1.807, 2.05) is 0 Å². The van der Waals surface area contributed by atoms with Crippen LogP contribution in [-0.2, 0) is 13.0 Å². The fourth-order valence-electron chi connectivity index (χ4n) is 1.63. The number of hydrogen-bond donors (Lipinski definition) is 3. The van der Waals surface area contributed by atoms with Gasteiger partial charge in [-0.15, -0.1) is 0 Å². The number of rotatable bonds is 0. The van der Waals surface area contributed by atoms with Crippen molar-refractivity contribution < 1.29 is 10.2 Å². The molecule has 1 aliphatic rings. The first kappa shape index (κ1) is 10.3. The van der Waals surface area contributed by atoms with Gasteiger partial charge < -0.3 is 15.5 Å². The third-order valence-electron chi connectivity index (χ3n) is 2.39. The minimum atomic E-state index is -0.0978. The first-order valence-corrected chi connectivity index (χ1v) is 5.83. The molecule has 0 atom stereocenters. The maximum atomic E-state index is 9.60. The second-order valence-corrected chi connectivity index (χ2v) is 4.80. The average Bonchev–Trinajstić information content (AvgIpc) is 2.23. The maximum Gasteiger partial charge on any atom is 0.173 e. The summed E-state index contributed by atoms with van der Waals surface area (Å²) in [6.07, 6.45) is 0.850. The van der Waals surface area contributed by atoms with Gasteiger partial charge in [0.25, 0.3) is 0 Å². The minimum Gasteiger partial charge on any atom is -0.503 e. The highest BCUT2D eigenvalue weighted by Crippen LogP contribution is 2.45. The van der Waals surface area contributed by atoms with E-state index in [9.17, 15) is 10.2 Å². The molecule has 76 valence electrons. The van der Waals surface area contributed by atoms with Gasteiger partial charge in [0.1, 0.15) is 0 Å². The van der Waals surface area contributed by atoms with Crippen molar-refractivity contribution in [1.29, 1.82) is 0 Å². The fraction of sp³-hybridized carbons (Fsp3) is 0.333. The van der Waals surface area contributed by atoms with Gasteiger partial charge in [0.2, 0.25) is 0 Å². The van der Waals surface area contributed by atoms with Gasteiger partial charge in [-0.2, -0.15) is 0 Å². The Balaban J connectivity index is 2.71. The molecule has 0 radical (unpaired) electrons. The van der Waals surface area contributed by atoms with Crippen molar-refractivity contribution in [2.24, 2.45) is 0 Å². The molecular formula is C9H9Br2NO2. The quantitative estimate of drug-likeness (QED) is 0.642. The molecule has 0 fully saturated rings. The average molecular weight is 323 g/mol. The molecule has 0 aliphatic carbocycles. The van der Waals surface area contributed by atoms with Crippen LogP contribution < -0.4 is 5.32 Å². The number of fused-ring (bicyclic) bond motifs is 1. The van der Waals surface area contributed by atoms with Crippen LogP contribution in [-0.4, -0.2) is 16.8 Å². The molecule has 3 nitrogen and oxygen atoms in total. The summed E-state index contributed by atoms with van der Waals surface area (Å²) in [6, 6.07) is 0. The van der Waals surface area contributed by atoms with Gasteiger partial charge >= 0.3 is 0 Å². The van der Waals surface area contributed by atoms with Crippen molar-refractivity contribution in [3.05, 3.63) is 20.1 Å². The lowest BCUT2D eigenvalue weighted by Gasteiger charge is -2.21. The molecule has 0 aromatic heterocycles. The highest BCUT2D eigenvalue weighted by atomic mass is 79.9. The van der Waals surface area contributed by atoms with Crippen LogP contribution in [0.15, 0.2) is 8.95 Å². The Kier molecular flexibility index (Phi) is 2.72. The molecule has 2 rings (SSSR count). The lowest BCUT2D eigenvalue weighted by atomic mass is 10.0. The first-order chi connectivity index (χ1) is 6.63. The second-order valence-electron chi connectivity index (χ2n) is 3.21. The van der Waals surface area contributed by atoms with Crippen molar-refractivity contribution in [1.82, 2.24) is 5.32 Å². The Labute approximate surface area is 98.4 Å². The molecule has 1 aromatic rings. The van der Waals surface area contributed by atoms with E-state index in [1.165, 1.54) is 0 Å². The highest BCUT2D eigenvalue weighted by molar-refractivity contribution is 9.11. The first-order valence-electron chi connectivity index (χ1n) is 4.24. The van der Waals surface area contributed by atoms with Crippen LogP contribution in [0.25, 0.3) is 0 Å². The molecule has 14 heavy (non-hydrogen) atoms. The summed E-state index contributed by atoms with van der Waals surface area (Å²) < 4.78 is 1.19. The predicted molar refractivity (Wildman–Crippen MR) is 60.6 cm³/mol. The van der Waals surface area contributed by atoms with Crippen LogP contribution in [0.4, 0.5) is 0 Å². The van der Waals surface area contributed by atoms with Gasteiger partial charge in [-0.3, -0.25) is 0 Å². The van der Waals surface area contributed by atoms with Crippen molar-refractivity contribution in [3.63, 3.8) is 0 Å². The van der Waals surface area contributed by atoms with Crippen LogP contribution in [0.3, 0.4) is 0 Å². The number of benzene rings is 1. The van der Waals surface area contributed by atoms with Crippen molar-refractivity contribution >= 4 is 31.9 Å². The monoisotopic (exact) mass is 321 g/mol. The van der Waals surface area contributed by atoms with E-state index in [4.69, 9.17) is 0 Å². The van der Waals surface area contributed by atoms with Gasteiger partial charge in [0, 0.05) is 6.54 Å². The highest BCUT2D eigenvalue weighted by Gasteiger charge is 2.22. The summed E-state index contributed by atoms with van der Waals surface area (Å²) in [6.45, 7) is 1.60. The third kappa shape index (κ3) is 1.43. The molecule has 5 heteroatoms.